The van der Waals surface area contributed by atoms with E-state index in [1.54, 1.807) is 7.11 Å². The summed E-state index contributed by atoms with van der Waals surface area (Å²) in [5.41, 5.74) is 1.25. The summed E-state index contributed by atoms with van der Waals surface area (Å²) in [6.07, 6.45) is 4.74. The first kappa shape index (κ1) is 13.0. The molecule has 2 bridgehead atoms. The van der Waals surface area contributed by atoms with Crippen molar-refractivity contribution in [1.29, 1.82) is 0 Å². The minimum Gasteiger partial charge on any atom is -0.497 e. The van der Waals surface area contributed by atoms with E-state index < -0.39 is 5.79 Å². The van der Waals surface area contributed by atoms with Gasteiger partial charge in [-0.3, -0.25) is 0 Å². The molecule has 0 saturated heterocycles. The maximum Gasteiger partial charge on any atom is 0.208 e. The molecule has 2 aliphatic rings. The summed E-state index contributed by atoms with van der Waals surface area (Å²) in [6.45, 7) is 0. The van der Waals surface area contributed by atoms with E-state index in [1.807, 2.05) is 12.1 Å². The minimum atomic E-state index is -0.972. The van der Waals surface area contributed by atoms with E-state index in [9.17, 15) is 5.11 Å². The summed E-state index contributed by atoms with van der Waals surface area (Å²) in [6, 6.07) is 10.2. The molecule has 3 heteroatoms. The number of rotatable bonds is 1. The van der Waals surface area contributed by atoms with Gasteiger partial charge in [-0.15, -0.1) is 0 Å². The van der Waals surface area contributed by atoms with Gasteiger partial charge in [0, 0.05) is 18.4 Å². The molecule has 110 valence electrons. The number of hydrogen-bond acceptors (Lipinski definition) is 3. The monoisotopic (exact) mass is 284 g/mol. The number of fused-ring (bicyclic) bond motifs is 6. The third kappa shape index (κ3) is 2.07. The van der Waals surface area contributed by atoms with Crippen molar-refractivity contribution in [2.24, 2.45) is 0 Å². The fraction of sp³-hybridized carbons (Fsp3) is 0.444. The van der Waals surface area contributed by atoms with Crippen LogP contribution in [0.25, 0.3) is 10.8 Å². The quantitative estimate of drug-likeness (QED) is 0.861. The van der Waals surface area contributed by atoms with Gasteiger partial charge in [0.15, 0.2) is 0 Å². The zero-order valence-corrected chi connectivity index (χ0v) is 12.3. The SMILES string of the molecule is COc1ccc2ccc3c(c2c1)[C@H]1CCCC[C@](O)(C1)O3. The maximum absolute atomic E-state index is 10.7. The van der Waals surface area contributed by atoms with Crippen molar-refractivity contribution < 1.29 is 14.6 Å². The molecule has 4 rings (SSSR count). The van der Waals surface area contributed by atoms with Crippen molar-refractivity contribution in [3.8, 4) is 11.5 Å². The van der Waals surface area contributed by atoms with Crippen molar-refractivity contribution in [2.75, 3.05) is 7.11 Å². The van der Waals surface area contributed by atoms with Gasteiger partial charge in [-0.1, -0.05) is 18.6 Å². The fourth-order valence-electron chi connectivity index (χ4n) is 3.86. The van der Waals surface area contributed by atoms with Crippen LogP contribution in [0.15, 0.2) is 30.3 Å². The molecule has 1 N–H and O–H groups in total. The topological polar surface area (TPSA) is 38.7 Å². The standard InChI is InChI=1S/C18H20O3/c1-20-14-7-5-12-6-8-16-17(15(12)10-14)13-4-2-3-9-18(19,11-13)21-16/h5-8,10,13,19H,2-4,9,11H2,1H3/t13-,18+/m0/s1. The zero-order valence-electron chi connectivity index (χ0n) is 12.3. The molecule has 3 nitrogen and oxygen atoms in total. The largest absolute Gasteiger partial charge is 0.497 e. The minimum absolute atomic E-state index is 0.372. The molecular weight excluding hydrogens is 264 g/mol. The summed E-state index contributed by atoms with van der Waals surface area (Å²) in [5.74, 6) is 1.11. The van der Waals surface area contributed by atoms with Crippen LogP contribution in [0.2, 0.25) is 0 Å². The van der Waals surface area contributed by atoms with Gasteiger partial charge in [0.25, 0.3) is 0 Å². The van der Waals surface area contributed by atoms with Crippen LogP contribution in [-0.2, 0) is 0 Å². The predicted octanol–water partition coefficient (Wildman–Crippen LogP) is 3.98. The lowest BCUT2D eigenvalue weighted by molar-refractivity contribution is -0.156. The molecule has 0 aromatic heterocycles. The second-order valence-electron chi connectivity index (χ2n) is 6.26. The molecule has 1 aliphatic heterocycles. The smallest absolute Gasteiger partial charge is 0.208 e. The van der Waals surface area contributed by atoms with Crippen LogP contribution in [0, 0.1) is 0 Å². The number of aliphatic hydroxyl groups is 1. The molecule has 0 radical (unpaired) electrons. The van der Waals surface area contributed by atoms with Crippen LogP contribution < -0.4 is 9.47 Å². The Hall–Kier alpha value is -1.74. The highest BCUT2D eigenvalue weighted by atomic mass is 16.6. The highest BCUT2D eigenvalue weighted by molar-refractivity contribution is 5.89. The molecule has 1 saturated carbocycles. The van der Waals surface area contributed by atoms with E-state index in [0.29, 0.717) is 12.3 Å². The first-order chi connectivity index (χ1) is 10.2. The Morgan fingerprint density at radius 1 is 1.24 bits per heavy atom. The van der Waals surface area contributed by atoms with E-state index in [1.165, 1.54) is 16.3 Å². The van der Waals surface area contributed by atoms with Crippen LogP contribution >= 0.6 is 0 Å². The lowest BCUT2D eigenvalue weighted by atomic mass is 9.84. The van der Waals surface area contributed by atoms with Gasteiger partial charge >= 0.3 is 0 Å². The summed E-state index contributed by atoms with van der Waals surface area (Å²) in [4.78, 5) is 0. The molecule has 1 fully saturated rings. The van der Waals surface area contributed by atoms with E-state index in [-0.39, 0.29) is 0 Å². The van der Waals surface area contributed by atoms with Crippen LogP contribution in [0.1, 0.15) is 43.6 Å². The summed E-state index contributed by atoms with van der Waals surface area (Å²) in [5, 5.41) is 13.1. The second kappa shape index (κ2) is 4.63. The number of ether oxygens (including phenoxy) is 2. The maximum atomic E-state index is 10.7. The Morgan fingerprint density at radius 3 is 2.95 bits per heavy atom. The number of benzene rings is 2. The van der Waals surface area contributed by atoms with Gasteiger partial charge in [-0.05, 0) is 47.7 Å². The van der Waals surface area contributed by atoms with E-state index >= 15 is 0 Å². The second-order valence-corrected chi connectivity index (χ2v) is 6.26. The van der Waals surface area contributed by atoms with Crippen LogP contribution in [0.5, 0.6) is 11.5 Å². The Balaban J connectivity index is 1.94. The molecule has 2 aromatic rings. The molecule has 1 aliphatic carbocycles. The predicted molar refractivity (Wildman–Crippen MR) is 81.9 cm³/mol. The fourth-order valence-corrected chi connectivity index (χ4v) is 3.86. The Kier molecular flexibility index (Phi) is 2.86. The van der Waals surface area contributed by atoms with Crippen LogP contribution in [0.3, 0.4) is 0 Å². The first-order valence-corrected chi connectivity index (χ1v) is 7.71. The van der Waals surface area contributed by atoms with Gasteiger partial charge in [0.1, 0.15) is 11.5 Å². The van der Waals surface area contributed by atoms with Gasteiger partial charge in [-0.25, -0.2) is 0 Å². The molecule has 2 aromatic carbocycles. The average molecular weight is 284 g/mol. The Labute approximate surface area is 124 Å². The van der Waals surface area contributed by atoms with Gasteiger partial charge in [0.05, 0.1) is 7.11 Å². The van der Waals surface area contributed by atoms with E-state index in [0.717, 1.165) is 37.2 Å². The average Bonchev–Trinajstić information content (AvgIpc) is 2.64. The molecule has 1 heterocycles. The highest BCUT2D eigenvalue weighted by Gasteiger charge is 2.41. The van der Waals surface area contributed by atoms with Crippen LogP contribution in [-0.4, -0.2) is 18.0 Å². The molecule has 0 spiro atoms. The molecular formula is C18H20O3. The van der Waals surface area contributed by atoms with Crippen molar-refractivity contribution in [2.45, 2.75) is 43.8 Å². The summed E-state index contributed by atoms with van der Waals surface area (Å²) >= 11 is 0. The summed E-state index contributed by atoms with van der Waals surface area (Å²) < 4.78 is 11.3. The van der Waals surface area contributed by atoms with E-state index in [2.05, 4.69) is 18.2 Å². The number of hydrogen-bond donors (Lipinski definition) is 1. The molecule has 2 atom stereocenters. The lowest BCUT2D eigenvalue weighted by Crippen LogP contribution is -2.39. The number of methoxy groups -OCH3 is 1. The molecule has 0 amide bonds. The van der Waals surface area contributed by atoms with Crippen molar-refractivity contribution in [3.63, 3.8) is 0 Å². The summed E-state index contributed by atoms with van der Waals surface area (Å²) in [7, 11) is 1.69. The van der Waals surface area contributed by atoms with E-state index in [4.69, 9.17) is 9.47 Å². The third-order valence-electron chi connectivity index (χ3n) is 4.87. The van der Waals surface area contributed by atoms with Gasteiger partial charge < -0.3 is 14.6 Å². The highest BCUT2D eigenvalue weighted by Crippen LogP contribution is 2.49. The van der Waals surface area contributed by atoms with Crippen LogP contribution in [0.4, 0.5) is 0 Å². The molecule has 0 unspecified atom stereocenters. The third-order valence-corrected chi connectivity index (χ3v) is 4.87. The van der Waals surface area contributed by atoms with Gasteiger partial charge in [0.2, 0.25) is 5.79 Å². The zero-order chi connectivity index (χ0) is 14.4. The normalized spacial score (nSPS) is 27.6. The first-order valence-electron chi connectivity index (χ1n) is 7.71. The van der Waals surface area contributed by atoms with Crippen molar-refractivity contribution in [1.82, 2.24) is 0 Å². The van der Waals surface area contributed by atoms with Crippen molar-refractivity contribution >= 4 is 10.8 Å². The van der Waals surface area contributed by atoms with Gasteiger partial charge in [-0.2, -0.15) is 0 Å². The Morgan fingerprint density at radius 2 is 2.10 bits per heavy atom. The molecule has 21 heavy (non-hydrogen) atoms. The Bertz CT molecular complexity index is 694. The lowest BCUT2D eigenvalue weighted by Gasteiger charge is -2.37. The van der Waals surface area contributed by atoms with Crippen molar-refractivity contribution in [3.05, 3.63) is 35.9 Å².